The molecule has 26 heavy (non-hydrogen) atoms. The van der Waals surface area contributed by atoms with Crippen molar-refractivity contribution in [2.45, 2.75) is 50.2 Å². The number of hydrogen-bond acceptors (Lipinski definition) is 6. The average Bonchev–Trinajstić information content (AvgIpc) is 3.38. The van der Waals surface area contributed by atoms with Gasteiger partial charge in [-0.3, -0.25) is 9.69 Å². The van der Waals surface area contributed by atoms with Crippen LogP contribution in [0.3, 0.4) is 0 Å². The summed E-state index contributed by atoms with van der Waals surface area (Å²) in [6.45, 7) is 5.18. The number of piperidine rings is 1. The minimum atomic E-state index is -0.801. The number of carbonyl (C=O) groups excluding carboxylic acids is 1. The molecule has 2 saturated heterocycles. The number of anilines is 1. The first-order valence-electron chi connectivity index (χ1n) is 9.70. The van der Waals surface area contributed by atoms with E-state index in [9.17, 15) is 9.90 Å². The molecule has 1 saturated carbocycles. The molecule has 1 aromatic heterocycles. The molecule has 3 heterocycles. The Morgan fingerprint density at radius 1 is 1.35 bits per heavy atom. The zero-order valence-corrected chi connectivity index (χ0v) is 15.8. The highest BCUT2D eigenvalue weighted by atomic mass is 16.3. The molecular weight excluding hydrogens is 330 g/mol. The van der Waals surface area contributed by atoms with Gasteiger partial charge in [0.1, 0.15) is 0 Å². The molecule has 0 radical (unpaired) electrons. The summed E-state index contributed by atoms with van der Waals surface area (Å²) >= 11 is 0. The largest absolute Gasteiger partial charge is 0.387 e. The van der Waals surface area contributed by atoms with Crippen molar-refractivity contribution < 1.29 is 9.90 Å². The predicted octanol–water partition coefficient (Wildman–Crippen LogP) is 0.848. The molecule has 2 aliphatic heterocycles. The van der Waals surface area contributed by atoms with E-state index in [2.05, 4.69) is 39.2 Å². The van der Waals surface area contributed by atoms with Gasteiger partial charge in [0.25, 0.3) is 0 Å². The fraction of sp³-hybridized carbons (Fsp3) is 0.737. The highest BCUT2D eigenvalue weighted by Crippen LogP contribution is 2.39. The third kappa shape index (κ3) is 3.69. The van der Waals surface area contributed by atoms with Gasteiger partial charge in [0.15, 0.2) is 5.82 Å². The molecule has 3 aliphatic rings. The van der Waals surface area contributed by atoms with Gasteiger partial charge in [0.05, 0.1) is 17.8 Å². The van der Waals surface area contributed by atoms with Crippen molar-refractivity contribution in [3.63, 3.8) is 0 Å². The number of likely N-dealkylation sites (tertiary alicyclic amines) is 1. The number of hydrogen-bond donors (Lipinski definition) is 1. The maximum Gasteiger partial charge on any atom is 0.219 e. The van der Waals surface area contributed by atoms with E-state index >= 15 is 0 Å². The van der Waals surface area contributed by atoms with Crippen molar-refractivity contribution in [2.75, 3.05) is 44.7 Å². The van der Waals surface area contributed by atoms with E-state index in [4.69, 9.17) is 0 Å². The van der Waals surface area contributed by atoms with Crippen LogP contribution in [0.5, 0.6) is 0 Å². The zero-order valence-electron chi connectivity index (χ0n) is 15.8. The topological polar surface area (TPSA) is 72.8 Å². The van der Waals surface area contributed by atoms with Gasteiger partial charge in [-0.1, -0.05) is 0 Å². The van der Waals surface area contributed by atoms with Crippen molar-refractivity contribution >= 4 is 11.7 Å². The molecule has 7 heteroatoms. The Balaban J connectivity index is 1.28. The normalized spacial score (nSPS) is 26.9. The van der Waals surface area contributed by atoms with Crippen LogP contribution in [0.25, 0.3) is 0 Å². The number of amides is 1. The van der Waals surface area contributed by atoms with Gasteiger partial charge in [-0.05, 0) is 44.9 Å². The third-order valence-electron chi connectivity index (χ3n) is 6.02. The van der Waals surface area contributed by atoms with Gasteiger partial charge >= 0.3 is 0 Å². The fourth-order valence-corrected chi connectivity index (χ4v) is 4.13. The Labute approximate surface area is 155 Å². The second-order valence-electron chi connectivity index (χ2n) is 8.33. The lowest BCUT2D eigenvalue weighted by Crippen LogP contribution is -2.63. The molecule has 0 aromatic carbocycles. The molecular formula is C19H29N5O2. The Hall–Kier alpha value is -1.73. The van der Waals surface area contributed by atoms with Crippen LogP contribution in [-0.2, 0) is 4.79 Å². The first kappa shape index (κ1) is 17.7. The molecule has 1 N–H and O–H groups in total. The highest BCUT2D eigenvalue weighted by Gasteiger charge is 2.39. The number of carbonyl (C=O) groups is 1. The summed E-state index contributed by atoms with van der Waals surface area (Å²) in [6, 6.07) is 4.59. The number of β-amino-alcohol motifs (C(OH)–C–C–N with tert-alkyl or cyclic N) is 1. The Morgan fingerprint density at radius 2 is 2.12 bits per heavy atom. The number of likely N-dealkylation sites (N-methyl/N-ethyl adjacent to an activating group) is 1. The van der Waals surface area contributed by atoms with E-state index in [1.165, 1.54) is 12.8 Å². The summed E-state index contributed by atoms with van der Waals surface area (Å²) in [7, 11) is 2.06. The SMILES string of the molecule is CC(=O)N1CCCC(O)(CN(C)C2CN(c3ccc(C4CC4)nn3)C2)C1. The lowest BCUT2D eigenvalue weighted by Gasteiger charge is -2.48. The summed E-state index contributed by atoms with van der Waals surface area (Å²) in [6.07, 6.45) is 4.11. The van der Waals surface area contributed by atoms with Crippen molar-refractivity contribution in [1.29, 1.82) is 0 Å². The minimum Gasteiger partial charge on any atom is -0.387 e. The molecule has 0 bridgehead atoms. The smallest absolute Gasteiger partial charge is 0.219 e. The van der Waals surface area contributed by atoms with Crippen LogP contribution >= 0.6 is 0 Å². The zero-order chi connectivity index (χ0) is 18.3. The van der Waals surface area contributed by atoms with Crippen LogP contribution < -0.4 is 4.90 Å². The van der Waals surface area contributed by atoms with E-state index in [-0.39, 0.29) is 5.91 Å². The van der Waals surface area contributed by atoms with Crippen LogP contribution in [0, 0.1) is 0 Å². The van der Waals surface area contributed by atoms with E-state index in [0.717, 1.165) is 44.0 Å². The average molecular weight is 359 g/mol. The third-order valence-corrected chi connectivity index (χ3v) is 6.02. The van der Waals surface area contributed by atoms with Gasteiger partial charge in [0, 0.05) is 45.1 Å². The van der Waals surface area contributed by atoms with Gasteiger partial charge in [-0.25, -0.2) is 0 Å². The number of aromatic nitrogens is 2. The molecule has 1 aliphatic carbocycles. The van der Waals surface area contributed by atoms with Crippen molar-refractivity contribution in [2.24, 2.45) is 0 Å². The summed E-state index contributed by atoms with van der Waals surface area (Å²) in [5, 5.41) is 19.7. The van der Waals surface area contributed by atoms with Crippen molar-refractivity contribution in [1.82, 2.24) is 20.0 Å². The molecule has 7 nitrogen and oxygen atoms in total. The van der Waals surface area contributed by atoms with Gasteiger partial charge in [0.2, 0.25) is 5.91 Å². The Bertz CT molecular complexity index is 656. The summed E-state index contributed by atoms with van der Waals surface area (Å²) in [5.41, 5.74) is 0.322. The number of rotatable bonds is 5. The number of aliphatic hydroxyl groups is 1. The van der Waals surface area contributed by atoms with Crippen LogP contribution in [-0.4, -0.2) is 82.4 Å². The Kier molecular flexibility index (Phi) is 4.61. The van der Waals surface area contributed by atoms with Crippen LogP contribution in [0.4, 0.5) is 5.82 Å². The van der Waals surface area contributed by atoms with Crippen molar-refractivity contribution in [3.8, 4) is 0 Å². The summed E-state index contributed by atoms with van der Waals surface area (Å²) in [4.78, 5) is 17.9. The van der Waals surface area contributed by atoms with E-state index < -0.39 is 5.60 Å². The first-order chi connectivity index (χ1) is 12.4. The Morgan fingerprint density at radius 3 is 2.73 bits per heavy atom. The predicted molar refractivity (Wildman–Crippen MR) is 99.1 cm³/mol. The fourth-order valence-electron chi connectivity index (χ4n) is 4.13. The molecule has 1 aromatic rings. The maximum atomic E-state index is 11.6. The second kappa shape index (κ2) is 6.78. The lowest BCUT2D eigenvalue weighted by atomic mass is 9.91. The molecule has 4 rings (SSSR count). The van der Waals surface area contributed by atoms with Crippen LogP contribution in [0.2, 0.25) is 0 Å². The quantitative estimate of drug-likeness (QED) is 0.840. The molecule has 1 unspecified atom stereocenters. The highest BCUT2D eigenvalue weighted by molar-refractivity contribution is 5.73. The monoisotopic (exact) mass is 359 g/mol. The van der Waals surface area contributed by atoms with Crippen molar-refractivity contribution in [3.05, 3.63) is 17.8 Å². The first-order valence-corrected chi connectivity index (χ1v) is 9.70. The standard InChI is InChI=1S/C19H29N5O2/c1-14(25)23-9-3-8-19(26,13-23)12-22(2)16-10-24(11-16)18-7-6-17(20-21-18)15-4-5-15/h6-7,15-16,26H,3-5,8-13H2,1-2H3. The van der Waals surface area contributed by atoms with E-state index in [1.807, 2.05) is 0 Å². The molecule has 1 amide bonds. The summed E-state index contributed by atoms with van der Waals surface area (Å²) in [5.74, 6) is 1.63. The van der Waals surface area contributed by atoms with Gasteiger partial charge in [-0.2, -0.15) is 5.10 Å². The van der Waals surface area contributed by atoms with E-state index in [0.29, 0.717) is 25.0 Å². The van der Waals surface area contributed by atoms with E-state index in [1.54, 1.807) is 11.8 Å². The maximum absolute atomic E-state index is 11.6. The molecule has 142 valence electrons. The van der Waals surface area contributed by atoms with Crippen LogP contribution in [0.1, 0.15) is 44.2 Å². The van der Waals surface area contributed by atoms with Crippen LogP contribution in [0.15, 0.2) is 12.1 Å². The minimum absolute atomic E-state index is 0.0498. The second-order valence-corrected chi connectivity index (χ2v) is 8.33. The molecule has 0 spiro atoms. The van der Waals surface area contributed by atoms with Gasteiger partial charge < -0.3 is 14.9 Å². The molecule has 1 atom stereocenters. The lowest BCUT2D eigenvalue weighted by molar-refractivity contribution is -0.137. The number of nitrogens with zero attached hydrogens (tertiary/aromatic N) is 5. The van der Waals surface area contributed by atoms with Gasteiger partial charge in [-0.15, -0.1) is 5.10 Å². The summed E-state index contributed by atoms with van der Waals surface area (Å²) < 4.78 is 0. The molecule has 3 fully saturated rings.